The van der Waals surface area contributed by atoms with Crippen LogP contribution < -0.4 is 4.72 Å². The Morgan fingerprint density at radius 3 is 1.72 bits per heavy atom. The number of nitrogens with one attached hydrogen (secondary N) is 1. The summed E-state index contributed by atoms with van der Waals surface area (Å²) in [5.74, 6) is 0. The minimum Gasteiger partial charge on any atom is -0.282 e. The number of rotatable bonds is 5. The molecule has 0 bridgehead atoms. The number of benzene rings is 2. The molecule has 3 N–H and O–H groups in total. The number of aryl methyl sites for hydroxylation is 1. The van der Waals surface area contributed by atoms with E-state index in [9.17, 15) is 25.3 Å². The molecule has 0 aliphatic rings. The van der Waals surface area contributed by atoms with Gasteiger partial charge in [0.25, 0.3) is 30.3 Å². The first-order valence-electron chi connectivity index (χ1n) is 6.49. The zero-order valence-corrected chi connectivity index (χ0v) is 15.1. The molecule has 0 unspecified atom stereocenters. The van der Waals surface area contributed by atoms with Gasteiger partial charge in [-0.15, -0.1) is 0 Å². The molecule has 2 aromatic rings. The minimum absolute atomic E-state index is 0.141. The molecule has 25 heavy (non-hydrogen) atoms. The molecule has 12 heteroatoms. The van der Waals surface area contributed by atoms with Crippen molar-refractivity contribution < 1.29 is 34.4 Å². The minimum atomic E-state index is -4.85. The van der Waals surface area contributed by atoms with Crippen LogP contribution in [0.15, 0.2) is 57.2 Å². The van der Waals surface area contributed by atoms with Gasteiger partial charge in [-0.3, -0.25) is 13.8 Å². The van der Waals surface area contributed by atoms with Crippen LogP contribution in [0.2, 0.25) is 0 Å². The SMILES string of the molecule is Cc1cccc(S(=O)(=O)Nc2cc(S(=O)(=O)O)cc(S(=O)(=O)O)c2)c1. The molecule has 0 amide bonds. The molecule has 0 aromatic heterocycles. The Morgan fingerprint density at radius 1 is 0.760 bits per heavy atom. The largest absolute Gasteiger partial charge is 0.294 e. The number of sulfonamides is 1. The predicted octanol–water partition coefficient (Wildman–Crippen LogP) is 1.29. The van der Waals surface area contributed by atoms with Crippen molar-refractivity contribution in [2.24, 2.45) is 0 Å². The van der Waals surface area contributed by atoms with E-state index >= 15 is 0 Å². The fraction of sp³-hybridized carbons (Fsp3) is 0.0769. The van der Waals surface area contributed by atoms with Crippen LogP contribution in [0, 0.1) is 6.92 Å². The van der Waals surface area contributed by atoms with Crippen molar-refractivity contribution in [1.82, 2.24) is 0 Å². The van der Waals surface area contributed by atoms with E-state index in [2.05, 4.69) is 0 Å². The highest BCUT2D eigenvalue weighted by atomic mass is 32.2. The molecular weight excluding hydrogens is 394 g/mol. The summed E-state index contributed by atoms with van der Waals surface area (Å²) in [5, 5.41) is 0. The fourth-order valence-electron chi connectivity index (χ4n) is 1.93. The number of hydrogen-bond donors (Lipinski definition) is 3. The van der Waals surface area contributed by atoms with Gasteiger partial charge in [-0.2, -0.15) is 16.8 Å². The molecule has 136 valence electrons. The summed E-state index contributed by atoms with van der Waals surface area (Å²) in [6.45, 7) is 1.66. The maximum Gasteiger partial charge on any atom is 0.294 e. The molecule has 0 atom stereocenters. The number of hydrogen-bond acceptors (Lipinski definition) is 6. The van der Waals surface area contributed by atoms with Crippen LogP contribution in [0.3, 0.4) is 0 Å². The van der Waals surface area contributed by atoms with E-state index in [1.165, 1.54) is 18.2 Å². The third kappa shape index (κ3) is 4.76. The lowest BCUT2D eigenvalue weighted by Crippen LogP contribution is -2.14. The predicted molar refractivity (Wildman–Crippen MR) is 88.1 cm³/mol. The Morgan fingerprint density at radius 2 is 1.28 bits per heavy atom. The third-order valence-corrected chi connectivity index (χ3v) is 6.07. The normalized spacial score (nSPS) is 12.8. The summed E-state index contributed by atoms with van der Waals surface area (Å²) in [6.07, 6.45) is 0. The summed E-state index contributed by atoms with van der Waals surface area (Å²) in [6, 6.07) is 7.71. The van der Waals surface area contributed by atoms with Crippen LogP contribution in [0.5, 0.6) is 0 Å². The van der Waals surface area contributed by atoms with Gasteiger partial charge in [-0.1, -0.05) is 12.1 Å². The molecule has 0 radical (unpaired) electrons. The lowest BCUT2D eigenvalue weighted by molar-refractivity contribution is 0.481. The van der Waals surface area contributed by atoms with Crippen molar-refractivity contribution in [1.29, 1.82) is 0 Å². The lowest BCUT2D eigenvalue weighted by atomic mass is 10.2. The van der Waals surface area contributed by atoms with Crippen LogP contribution in [0.4, 0.5) is 5.69 Å². The van der Waals surface area contributed by atoms with E-state index in [0.717, 1.165) is 12.1 Å². The summed E-state index contributed by atoms with van der Waals surface area (Å²) < 4.78 is 89.8. The zero-order valence-electron chi connectivity index (χ0n) is 12.6. The monoisotopic (exact) mass is 407 g/mol. The van der Waals surface area contributed by atoms with Crippen LogP contribution in [-0.4, -0.2) is 34.4 Å². The van der Waals surface area contributed by atoms with Gasteiger partial charge in [0.2, 0.25) is 0 Å². The van der Waals surface area contributed by atoms with Gasteiger partial charge in [0.1, 0.15) is 0 Å². The summed E-state index contributed by atoms with van der Waals surface area (Å²) in [7, 11) is -13.9. The van der Waals surface area contributed by atoms with E-state index < -0.39 is 45.7 Å². The summed E-state index contributed by atoms with van der Waals surface area (Å²) >= 11 is 0. The summed E-state index contributed by atoms with van der Waals surface area (Å²) in [4.78, 5) is -1.94. The van der Waals surface area contributed by atoms with Gasteiger partial charge >= 0.3 is 0 Å². The molecule has 0 aliphatic carbocycles. The van der Waals surface area contributed by atoms with Gasteiger partial charge in [-0.05, 0) is 42.8 Å². The molecule has 0 heterocycles. The molecule has 0 aliphatic heterocycles. The second-order valence-electron chi connectivity index (χ2n) is 5.07. The van der Waals surface area contributed by atoms with Gasteiger partial charge in [0, 0.05) is 0 Å². The van der Waals surface area contributed by atoms with Crippen LogP contribution in [-0.2, 0) is 30.3 Å². The molecule has 2 aromatic carbocycles. The lowest BCUT2D eigenvalue weighted by Gasteiger charge is -2.11. The highest BCUT2D eigenvalue weighted by molar-refractivity contribution is 7.92. The van der Waals surface area contributed by atoms with Crippen LogP contribution >= 0.6 is 0 Å². The smallest absolute Gasteiger partial charge is 0.282 e. The topological polar surface area (TPSA) is 155 Å². The Balaban J connectivity index is 2.59. The molecule has 0 spiro atoms. The van der Waals surface area contributed by atoms with Gasteiger partial charge in [-0.25, -0.2) is 8.42 Å². The zero-order chi connectivity index (χ0) is 19.0. The van der Waals surface area contributed by atoms with Crippen molar-refractivity contribution in [3.63, 3.8) is 0 Å². The average Bonchev–Trinajstić information content (AvgIpc) is 2.44. The Kier molecular flexibility index (Phi) is 4.94. The Bertz CT molecular complexity index is 1090. The van der Waals surface area contributed by atoms with Gasteiger partial charge < -0.3 is 0 Å². The molecule has 0 saturated carbocycles. The fourth-order valence-corrected chi connectivity index (χ4v) is 4.25. The first-order chi connectivity index (χ1) is 11.3. The van der Waals surface area contributed by atoms with E-state index in [1.54, 1.807) is 13.0 Å². The third-order valence-electron chi connectivity index (χ3n) is 3.03. The molecule has 9 nitrogen and oxygen atoms in total. The first-order valence-corrected chi connectivity index (χ1v) is 10.8. The van der Waals surface area contributed by atoms with Crippen molar-refractivity contribution in [3.05, 3.63) is 48.0 Å². The summed E-state index contributed by atoms with van der Waals surface area (Å²) in [5.41, 5.74) is 0.178. The van der Waals surface area contributed by atoms with Crippen LogP contribution in [0.25, 0.3) is 0 Å². The first kappa shape index (κ1) is 19.3. The Labute approximate surface area is 144 Å². The average molecular weight is 407 g/mol. The van der Waals surface area contributed by atoms with E-state index in [4.69, 9.17) is 9.11 Å². The molecule has 0 fully saturated rings. The van der Waals surface area contributed by atoms with Gasteiger partial charge in [0.05, 0.1) is 20.4 Å². The standard InChI is InChI=1S/C13H13NO8S3/c1-9-3-2-4-11(5-9)23(15,16)14-10-6-12(24(17,18)19)8-13(7-10)25(20,21)22/h2-8,14H,1H3,(H,17,18,19)(H,20,21,22). The second-order valence-corrected chi connectivity index (χ2v) is 9.59. The highest BCUT2D eigenvalue weighted by Gasteiger charge is 2.21. The Hall–Kier alpha value is -1.99. The van der Waals surface area contributed by atoms with Crippen molar-refractivity contribution in [2.45, 2.75) is 21.6 Å². The molecule has 2 rings (SSSR count). The van der Waals surface area contributed by atoms with Gasteiger partial charge in [0.15, 0.2) is 0 Å². The van der Waals surface area contributed by atoms with E-state index in [1.807, 2.05) is 4.72 Å². The number of anilines is 1. The second kappa shape index (κ2) is 6.38. The highest BCUT2D eigenvalue weighted by Crippen LogP contribution is 2.24. The van der Waals surface area contributed by atoms with Crippen molar-refractivity contribution in [2.75, 3.05) is 4.72 Å². The van der Waals surface area contributed by atoms with Crippen molar-refractivity contribution in [3.8, 4) is 0 Å². The van der Waals surface area contributed by atoms with E-state index in [0.29, 0.717) is 11.6 Å². The molecular formula is C13H13NO8S3. The van der Waals surface area contributed by atoms with Crippen LogP contribution in [0.1, 0.15) is 5.56 Å². The molecule has 0 saturated heterocycles. The maximum absolute atomic E-state index is 12.3. The quantitative estimate of drug-likeness (QED) is 0.626. The maximum atomic E-state index is 12.3. The van der Waals surface area contributed by atoms with Crippen molar-refractivity contribution >= 4 is 35.9 Å². The van der Waals surface area contributed by atoms with E-state index in [-0.39, 0.29) is 4.90 Å².